The van der Waals surface area contributed by atoms with Crippen molar-refractivity contribution in [3.63, 3.8) is 0 Å². The van der Waals surface area contributed by atoms with Gasteiger partial charge in [-0.2, -0.15) is 39.5 Å². The molecule has 0 heterocycles. The maximum atomic E-state index is 13.8. The first-order valence-electron chi connectivity index (χ1n) is 13.9. The number of hydrogen-bond donors (Lipinski definition) is 0. The molecule has 3 aromatic carbocycles. The summed E-state index contributed by atoms with van der Waals surface area (Å²) < 4.78 is 138. The fourth-order valence-corrected chi connectivity index (χ4v) is 5.17. The van der Waals surface area contributed by atoms with Crippen LogP contribution in [0.4, 0.5) is 39.5 Å². The van der Waals surface area contributed by atoms with Crippen molar-refractivity contribution in [3.05, 3.63) is 89.0 Å². The molecule has 1 unspecified atom stereocenters. The van der Waals surface area contributed by atoms with Gasteiger partial charge in [0.1, 0.15) is 23.3 Å². The first kappa shape index (κ1) is 34.9. The second-order valence-electron chi connectivity index (χ2n) is 10.0. The van der Waals surface area contributed by atoms with Crippen molar-refractivity contribution < 1.29 is 58.0 Å². The third-order valence-corrected chi connectivity index (χ3v) is 7.68. The lowest BCUT2D eigenvalue weighted by Gasteiger charge is -2.43. The van der Waals surface area contributed by atoms with Crippen LogP contribution in [-0.4, -0.2) is 31.4 Å². The molecule has 0 spiro atoms. The molecule has 240 valence electrons. The molecule has 0 fully saturated rings. The second-order valence-corrected chi connectivity index (χ2v) is 10.0. The molecule has 0 saturated carbocycles. The molecule has 1 atom stereocenters. The van der Waals surface area contributed by atoms with Crippen molar-refractivity contribution in [2.75, 3.05) is 19.6 Å². The van der Waals surface area contributed by atoms with Gasteiger partial charge in [0.2, 0.25) is 0 Å². The van der Waals surface area contributed by atoms with E-state index in [1.807, 2.05) is 27.7 Å². The van der Waals surface area contributed by atoms with E-state index in [4.69, 9.17) is 14.0 Å². The van der Waals surface area contributed by atoms with Gasteiger partial charge in [-0.15, -0.1) is 0 Å². The quantitative estimate of drug-likeness (QED) is 0.113. The van der Waals surface area contributed by atoms with E-state index in [0.717, 1.165) is 66.7 Å². The summed E-state index contributed by atoms with van der Waals surface area (Å²) in [7, 11) is -1.82. The Labute approximate surface area is 250 Å². The van der Waals surface area contributed by atoms with Gasteiger partial charge in [0, 0.05) is 6.42 Å². The molecule has 44 heavy (non-hydrogen) atoms. The number of alkyl halides is 9. The molecule has 0 N–H and O–H groups in total. The summed E-state index contributed by atoms with van der Waals surface area (Å²) in [4.78, 5) is 0. The Bertz CT molecular complexity index is 1290. The number of benzene rings is 3. The number of quaternary nitrogens is 1. The Morgan fingerprint density at radius 3 is 1.30 bits per heavy atom. The van der Waals surface area contributed by atoms with Crippen molar-refractivity contribution in [2.24, 2.45) is 0 Å². The first-order chi connectivity index (χ1) is 20.5. The Hall–Kier alpha value is -3.55. The standard InChI is InChI=1S/C30H32BF9NO3/c1-5-26(41(6-2,7-3)8-4)25-19-22(30(38,39)40)13-18-27(25)44-31(42-23-14-9-20(10-15-23)28(32,33)34)43-24-16-11-21(12-17-24)29(35,36)37/h9-19,26H,5-8H2,1-4H3/q+1. The third-order valence-electron chi connectivity index (χ3n) is 7.68. The highest BCUT2D eigenvalue weighted by molar-refractivity contribution is 6.39. The summed E-state index contributed by atoms with van der Waals surface area (Å²) in [5, 5.41) is 0. The van der Waals surface area contributed by atoms with Crippen LogP contribution in [0.3, 0.4) is 0 Å². The number of hydrogen-bond acceptors (Lipinski definition) is 3. The van der Waals surface area contributed by atoms with E-state index in [9.17, 15) is 39.5 Å². The van der Waals surface area contributed by atoms with Crippen LogP contribution >= 0.6 is 0 Å². The van der Waals surface area contributed by atoms with Gasteiger partial charge >= 0.3 is 25.9 Å². The number of rotatable bonds is 12. The van der Waals surface area contributed by atoms with Crippen LogP contribution in [0, 0.1) is 0 Å². The van der Waals surface area contributed by atoms with E-state index in [-0.39, 0.29) is 22.8 Å². The van der Waals surface area contributed by atoms with Gasteiger partial charge in [-0.1, -0.05) is 6.92 Å². The molecule has 3 aromatic rings. The van der Waals surface area contributed by atoms with E-state index < -0.39 is 48.6 Å². The van der Waals surface area contributed by atoms with Crippen molar-refractivity contribution in [1.29, 1.82) is 0 Å². The SMILES string of the molecule is CCC(c1cc(C(F)(F)F)ccc1OB(Oc1ccc(C(F)(F)F)cc1)Oc1ccc(C(F)(F)F)cc1)[N+](CC)(CC)CC. The van der Waals surface area contributed by atoms with Crippen LogP contribution in [0.1, 0.15) is 62.4 Å². The van der Waals surface area contributed by atoms with Gasteiger partial charge in [-0.05, 0) is 87.5 Å². The number of nitrogens with zero attached hydrogens (tertiary/aromatic N) is 1. The molecular weight excluding hydrogens is 604 g/mol. The van der Waals surface area contributed by atoms with Crippen LogP contribution in [0.25, 0.3) is 0 Å². The largest absolute Gasteiger partial charge is 0.864 e. The first-order valence-corrected chi connectivity index (χ1v) is 13.9. The summed E-state index contributed by atoms with van der Waals surface area (Å²) in [6, 6.07) is 9.40. The predicted molar refractivity (Wildman–Crippen MR) is 147 cm³/mol. The molecule has 0 aromatic heterocycles. The molecule has 3 rings (SSSR count). The van der Waals surface area contributed by atoms with Gasteiger partial charge in [0.05, 0.1) is 41.9 Å². The molecule has 0 aliphatic heterocycles. The number of halogens is 9. The molecular formula is C30H32BF9NO3+. The van der Waals surface area contributed by atoms with Crippen LogP contribution in [0.15, 0.2) is 66.7 Å². The summed E-state index contributed by atoms with van der Waals surface area (Å²) in [5.74, 6) is -0.362. The normalized spacial score (nSPS) is 13.4. The molecule has 0 bridgehead atoms. The van der Waals surface area contributed by atoms with E-state index in [1.165, 1.54) is 0 Å². The lowest BCUT2D eigenvalue weighted by atomic mass is 9.95. The minimum atomic E-state index is -4.67. The zero-order chi connectivity index (χ0) is 32.9. The zero-order valence-electron chi connectivity index (χ0n) is 24.4. The van der Waals surface area contributed by atoms with Gasteiger partial charge in [-0.25, -0.2) is 0 Å². The second kappa shape index (κ2) is 13.6. The highest BCUT2D eigenvalue weighted by Crippen LogP contribution is 2.41. The minimum absolute atomic E-state index is 0.0495. The Balaban J connectivity index is 2.09. The van der Waals surface area contributed by atoms with E-state index >= 15 is 0 Å². The van der Waals surface area contributed by atoms with Gasteiger partial charge in [-0.3, -0.25) is 0 Å². The summed E-state index contributed by atoms with van der Waals surface area (Å²) in [6.45, 7) is 9.38. The zero-order valence-corrected chi connectivity index (χ0v) is 24.4. The smallest absolute Gasteiger partial charge is 0.490 e. The fraction of sp³-hybridized carbons (Fsp3) is 0.400. The van der Waals surface area contributed by atoms with Crippen LogP contribution in [0.5, 0.6) is 17.2 Å². The average molecular weight is 636 g/mol. The molecule has 0 radical (unpaired) electrons. The van der Waals surface area contributed by atoms with E-state index in [0.29, 0.717) is 30.5 Å². The Morgan fingerprint density at radius 2 is 0.955 bits per heavy atom. The van der Waals surface area contributed by atoms with Crippen molar-refractivity contribution in [1.82, 2.24) is 0 Å². The highest BCUT2D eigenvalue weighted by atomic mass is 19.4. The highest BCUT2D eigenvalue weighted by Gasteiger charge is 2.40. The Kier molecular flexibility index (Phi) is 10.8. The molecule has 0 aliphatic rings. The van der Waals surface area contributed by atoms with Crippen LogP contribution in [0.2, 0.25) is 0 Å². The van der Waals surface area contributed by atoms with Crippen LogP contribution < -0.4 is 14.0 Å². The monoisotopic (exact) mass is 636 g/mol. The summed E-state index contributed by atoms with van der Waals surface area (Å²) >= 11 is 0. The maximum absolute atomic E-state index is 13.8. The molecule has 0 amide bonds. The summed E-state index contributed by atoms with van der Waals surface area (Å²) in [5.41, 5.74) is -2.64. The maximum Gasteiger partial charge on any atom is 0.864 e. The van der Waals surface area contributed by atoms with E-state index in [1.54, 1.807) is 0 Å². The van der Waals surface area contributed by atoms with Gasteiger partial charge < -0.3 is 18.4 Å². The van der Waals surface area contributed by atoms with Crippen molar-refractivity contribution >= 4 is 7.32 Å². The van der Waals surface area contributed by atoms with Crippen molar-refractivity contribution in [2.45, 2.75) is 58.7 Å². The van der Waals surface area contributed by atoms with E-state index in [2.05, 4.69) is 0 Å². The molecule has 0 aliphatic carbocycles. The molecule has 0 saturated heterocycles. The lowest BCUT2D eigenvalue weighted by molar-refractivity contribution is -0.952. The average Bonchev–Trinajstić information content (AvgIpc) is 2.95. The topological polar surface area (TPSA) is 27.7 Å². The third kappa shape index (κ3) is 8.33. The van der Waals surface area contributed by atoms with Gasteiger partial charge in [0.25, 0.3) is 0 Å². The van der Waals surface area contributed by atoms with Gasteiger partial charge in [0.15, 0.2) is 0 Å². The summed E-state index contributed by atoms with van der Waals surface area (Å²) in [6.07, 6.45) is -13.5. The van der Waals surface area contributed by atoms with Crippen LogP contribution in [-0.2, 0) is 18.5 Å². The molecule has 14 heteroatoms. The Morgan fingerprint density at radius 1 is 0.568 bits per heavy atom. The minimum Gasteiger partial charge on any atom is -0.490 e. The van der Waals surface area contributed by atoms with Crippen molar-refractivity contribution in [3.8, 4) is 17.2 Å². The predicted octanol–water partition coefficient (Wildman–Crippen LogP) is 9.59. The lowest BCUT2D eigenvalue weighted by Crippen LogP contribution is -2.50. The fourth-order valence-electron chi connectivity index (χ4n) is 5.17. The molecule has 4 nitrogen and oxygen atoms in total.